The zero-order valence-corrected chi connectivity index (χ0v) is 11.4. The summed E-state index contributed by atoms with van der Waals surface area (Å²) >= 11 is 6.06. The van der Waals surface area contributed by atoms with E-state index in [9.17, 15) is 4.79 Å². The van der Waals surface area contributed by atoms with E-state index < -0.39 is 0 Å². The predicted octanol–water partition coefficient (Wildman–Crippen LogP) is 3.83. The first-order valence-electron chi connectivity index (χ1n) is 6.38. The molecule has 1 saturated carbocycles. The van der Waals surface area contributed by atoms with Gasteiger partial charge < -0.3 is 11.1 Å². The number of benzene rings is 1. The minimum absolute atomic E-state index is 0.0638. The molecule has 0 aromatic heterocycles. The Labute approximate surface area is 113 Å². The number of amides is 1. The minimum atomic E-state index is -0.261. The largest absolute Gasteiger partial charge is 0.399 e. The molecule has 1 aromatic rings. The number of hydrogen-bond donors (Lipinski definition) is 2. The summed E-state index contributed by atoms with van der Waals surface area (Å²) in [6.45, 7) is 2.03. The Hall–Kier alpha value is -1.22. The van der Waals surface area contributed by atoms with Crippen molar-refractivity contribution < 1.29 is 4.79 Å². The van der Waals surface area contributed by atoms with E-state index in [1.165, 1.54) is 6.42 Å². The summed E-state index contributed by atoms with van der Waals surface area (Å²) in [5.74, 6) is 0.0638. The highest BCUT2D eigenvalue weighted by atomic mass is 35.5. The lowest BCUT2D eigenvalue weighted by Crippen LogP contribution is -2.35. The van der Waals surface area contributed by atoms with Crippen molar-refractivity contribution in [2.75, 3.05) is 11.1 Å². The van der Waals surface area contributed by atoms with Crippen LogP contribution in [0.15, 0.2) is 18.2 Å². The second-order valence-corrected chi connectivity index (χ2v) is 5.72. The third-order valence-corrected chi connectivity index (χ3v) is 4.06. The highest BCUT2D eigenvalue weighted by molar-refractivity contribution is 6.34. The first-order chi connectivity index (χ1) is 8.51. The molecule has 1 aliphatic carbocycles. The van der Waals surface area contributed by atoms with Crippen molar-refractivity contribution in [2.45, 2.75) is 39.0 Å². The van der Waals surface area contributed by atoms with Gasteiger partial charge in [0.25, 0.3) is 0 Å². The smallest absolute Gasteiger partial charge is 0.230 e. The number of hydrogen-bond acceptors (Lipinski definition) is 2. The van der Waals surface area contributed by atoms with Gasteiger partial charge in [0.15, 0.2) is 0 Å². The zero-order valence-electron chi connectivity index (χ0n) is 10.6. The molecule has 0 unspecified atom stereocenters. The first kappa shape index (κ1) is 13.2. The lowest BCUT2D eigenvalue weighted by Gasteiger charge is -2.32. The van der Waals surface area contributed by atoms with Gasteiger partial charge in [-0.1, -0.05) is 37.8 Å². The number of nitrogens with one attached hydrogen (secondary N) is 1. The summed E-state index contributed by atoms with van der Waals surface area (Å²) in [4.78, 5) is 12.3. The average Bonchev–Trinajstić information content (AvgIpc) is 2.33. The van der Waals surface area contributed by atoms with Crippen molar-refractivity contribution in [1.29, 1.82) is 0 Å². The molecular weight excluding hydrogens is 248 g/mol. The molecule has 0 saturated heterocycles. The van der Waals surface area contributed by atoms with Crippen LogP contribution in [0.3, 0.4) is 0 Å². The van der Waals surface area contributed by atoms with E-state index in [4.69, 9.17) is 17.3 Å². The van der Waals surface area contributed by atoms with Gasteiger partial charge >= 0.3 is 0 Å². The molecule has 0 bridgehead atoms. The molecule has 3 N–H and O–H groups in total. The number of carbonyl (C=O) groups is 1. The van der Waals surface area contributed by atoms with E-state index >= 15 is 0 Å². The summed E-state index contributed by atoms with van der Waals surface area (Å²) in [5, 5.41) is 3.41. The van der Waals surface area contributed by atoms with Gasteiger partial charge in [-0.15, -0.1) is 0 Å². The van der Waals surface area contributed by atoms with E-state index in [1.54, 1.807) is 18.2 Å². The third-order valence-electron chi connectivity index (χ3n) is 3.75. The number of rotatable bonds is 2. The Balaban J connectivity index is 2.11. The van der Waals surface area contributed by atoms with Crippen molar-refractivity contribution in [3.8, 4) is 0 Å². The number of carbonyl (C=O) groups excluding carboxylic acids is 1. The fourth-order valence-corrected chi connectivity index (χ4v) is 2.70. The van der Waals surface area contributed by atoms with Crippen LogP contribution in [0.1, 0.15) is 39.0 Å². The number of anilines is 2. The fraction of sp³-hybridized carbons (Fsp3) is 0.500. The third kappa shape index (κ3) is 2.78. The van der Waals surface area contributed by atoms with Crippen LogP contribution in [0.25, 0.3) is 0 Å². The summed E-state index contributed by atoms with van der Waals surface area (Å²) in [6, 6.07) is 5.15. The molecule has 0 radical (unpaired) electrons. The maximum absolute atomic E-state index is 12.3. The normalized spacial score (nSPS) is 18.3. The quantitative estimate of drug-likeness (QED) is 0.800. The van der Waals surface area contributed by atoms with Gasteiger partial charge in [0, 0.05) is 11.1 Å². The Morgan fingerprint density at radius 2 is 2.00 bits per heavy atom. The monoisotopic (exact) mass is 266 g/mol. The molecule has 1 aromatic carbocycles. The first-order valence-corrected chi connectivity index (χ1v) is 6.75. The van der Waals surface area contributed by atoms with Crippen LogP contribution < -0.4 is 11.1 Å². The van der Waals surface area contributed by atoms with Crippen LogP contribution >= 0.6 is 11.6 Å². The molecule has 0 aliphatic heterocycles. The highest BCUT2D eigenvalue weighted by Gasteiger charge is 2.34. The van der Waals surface area contributed by atoms with Crippen molar-refractivity contribution in [1.82, 2.24) is 0 Å². The van der Waals surface area contributed by atoms with E-state index in [-0.39, 0.29) is 11.3 Å². The van der Waals surface area contributed by atoms with Gasteiger partial charge in [-0.3, -0.25) is 4.79 Å². The highest BCUT2D eigenvalue weighted by Crippen LogP contribution is 2.37. The van der Waals surface area contributed by atoms with Crippen LogP contribution in [-0.4, -0.2) is 5.91 Å². The zero-order chi connectivity index (χ0) is 13.2. The molecule has 98 valence electrons. The molecule has 2 rings (SSSR count). The molecule has 3 nitrogen and oxygen atoms in total. The van der Waals surface area contributed by atoms with Gasteiger partial charge in [-0.2, -0.15) is 0 Å². The van der Waals surface area contributed by atoms with E-state index in [2.05, 4.69) is 5.32 Å². The molecule has 4 heteroatoms. The van der Waals surface area contributed by atoms with Crippen LogP contribution in [0.4, 0.5) is 11.4 Å². The molecule has 18 heavy (non-hydrogen) atoms. The molecule has 0 heterocycles. The Morgan fingerprint density at radius 1 is 1.33 bits per heavy atom. The standard InChI is InChI=1S/C14H19ClN2O/c1-14(7-3-2-4-8-14)13(18)17-12-6-5-10(16)9-11(12)15/h5-6,9H,2-4,7-8,16H2,1H3,(H,17,18). The molecule has 1 amide bonds. The van der Waals surface area contributed by atoms with Gasteiger partial charge in [0.05, 0.1) is 10.7 Å². The summed E-state index contributed by atoms with van der Waals surface area (Å²) in [7, 11) is 0. The van der Waals surface area contributed by atoms with Gasteiger partial charge in [-0.05, 0) is 31.0 Å². The lowest BCUT2D eigenvalue weighted by molar-refractivity contribution is -0.126. The number of nitrogens with two attached hydrogens (primary N) is 1. The van der Waals surface area contributed by atoms with Gasteiger partial charge in [0.2, 0.25) is 5.91 Å². The molecule has 1 aliphatic rings. The van der Waals surface area contributed by atoms with E-state index in [0.29, 0.717) is 16.4 Å². The topological polar surface area (TPSA) is 55.1 Å². The SMILES string of the molecule is CC1(C(=O)Nc2ccc(N)cc2Cl)CCCCC1. The van der Waals surface area contributed by atoms with Crippen LogP contribution in [0.2, 0.25) is 5.02 Å². The molecule has 0 atom stereocenters. The summed E-state index contributed by atoms with van der Waals surface area (Å²) in [5.41, 5.74) is 6.61. The summed E-state index contributed by atoms with van der Waals surface area (Å²) < 4.78 is 0. The van der Waals surface area contributed by atoms with Crippen LogP contribution in [-0.2, 0) is 4.79 Å². The lowest BCUT2D eigenvalue weighted by atomic mass is 9.75. The second kappa shape index (κ2) is 5.19. The van der Waals surface area contributed by atoms with Crippen LogP contribution in [0.5, 0.6) is 0 Å². The maximum Gasteiger partial charge on any atom is 0.230 e. The average molecular weight is 267 g/mol. The Morgan fingerprint density at radius 3 is 2.61 bits per heavy atom. The van der Waals surface area contributed by atoms with E-state index in [0.717, 1.165) is 25.7 Å². The van der Waals surface area contributed by atoms with Crippen molar-refractivity contribution in [3.63, 3.8) is 0 Å². The Kier molecular flexibility index (Phi) is 3.81. The number of halogens is 1. The predicted molar refractivity (Wildman–Crippen MR) is 75.7 cm³/mol. The van der Waals surface area contributed by atoms with Crippen LogP contribution in [0, 0.1) is 5.41 Å². The van der Waals surface area contributed by atoms with E-state index in [1.807, 2.05) is 6.92 Å². The van der Waals surface area contributed by atoms with Crippen molar-refractivity contribution >= 4 is 28.9 Å². The van der Waals surface area contributed by atoms with Gasteiger partial charge in [-0.25, -0.2) is 0 Å². The van der Waals surface area contributed by atoms with Crippen molar-refractivity contribution in [2.24, 2.45) is 5.41 Å². The van der Waals surface area contributed by atoms with Gasteiger partial charge in [0.1, 0.15) is 0 Å². The fourth-order valence-electron chi connectivity index (χ4n) is 2.47. The number of nitrogen functional groups attached to an aromatic ring is 1. The molecule has 1 fully saturated rings. The second-order valence-electron chi connectivity index (χ2n) is 5.31. The molecular formula is C14H19ClN2O. The minimum Gasteiger partial charge on any atom is -0.399 e. The Bertz CT molecular complexity index is 453. The van der Waals surface area contributed by atoms with Crippen molar-refractivity contribution in [3.05, 3.63) is 23.2 Å². The summed E-state index contributed by atoms with van der Waals surface area (Å²) in [6.07, 6.45) is 5.38. The molecule has 0 spiro atoms. The maximum atomic E-state index is 12.3.